The summed E-state index contributed by atoms with van der Waals surface area (Å²) in [6, 6.07) is 4.36. The van der Waals surface area contributed by atoms with E-state index in [-0.39, 0.29) is 21.4 Å². The molecule has 2 aromatic rings. The van der Waals surface area contributed by atoms with Crippen molar-refractivity contribution in [3.05, 3.63) is 40.0 Å². The van der Waals surface area contributed by atoms with Crippen molar-refractivity contribution in [3.63, 3.8) is 0 Å². The molecule has 10 heteroatoms. The molecule has 0 bridgehead atoms. The van der Waals surface area contributed by atoms with Gasteiger partial charge in [0.25, 0.3) is 0 Å². The number of benzene rings is 1. The van der Waals surface area contributed by atoms with Crippen molar-refractivity contribution < 1.29 is 12.9 Å². The summed E-state index contributed by atoms with van der Waals surface area (Å²) in [6.45, 7) is 9.84. The summed E-state index contributed by atoms with van der Waals surface area (Å²) < 4.78 is 32.8. The van der Waals surface area contributed by atoms with Gasteiger partial charge in [-0.2, -0.15) is 9.29 Å². The molecule has 0 radical (unpaired) electrons. The highest BCUT2D eigenvalue weighted by atomic mass is 35.5. The maximum Gasteiger partial charge on any atom is 0.244 e. The van der Waals surface area contributed by atoms with E-state index in [4.69, 9.17) is 27.7 Å². The molecule has 0 aliphatic carbocycles. The third-order valence-electron chi connectivity index (χ3n) is 4.80. The summed E-state index contributed by atoms with van der Waals surface area (Å²) >= 11 is 12.1. The minimum absolute atomic E-state index is 0.0369. The minimum Gasteiger partial charge on any atom is -0.338 e. The molecule has 1 aromatic carbocycles. The first kappa shape index (κ1) is 21.5. The number of piperazine rings is 1. The van der Waals surface area contributed by atoms with Gasteiger partial charge >= 0.3 is 0 Å². The summed E-state index contributed by atoms with van der Waals surface area (Å²) in [5.74, 6) is 1.20. The van der Waals surface area contributed by atoms with Crippen LogP contribution in [0.3, 0.4) is 0 Å². The summed E-state index contributed by atoms with van der Waals surface area (Å²) in [6.07, 6.45) is 0. The zero-order valence-corrected chi connectivity index (χ0v) is 18.6. The van der Waals surface area contributed by atoms with Crippen LogP contribution in [0.1, 0.15) is 45.5 Å². The lowest BCUT2D eigenvalue weighted by Gasteiger charge is -2.36. The van der Waals surface area contributed by atoms with Crippen LogP contribution in [0.15, 0.2) is 27.6 Å². The molecule has 154 valence electrons. The highest BCUT2D eigenvalue weighted by Crippen LogP contribution is 2.30. The van der Waals surface area contributed by atoms with E-state index in [9.17, 15) is 8.42 Å². The number of halogens is 2. The number of aromatic nitrogens is 2. The lowest BCUT2D eigenvalue weighted by molar-refractivity contribution is 0.124. The molecular formula is C18H24Cl2N4O3S. The van der Waals surface area contributed by atoms with Crippen LogP contribution in [-0.2, 0) is 15.4 Å². The molecule has 2 heterocycles. The van der Waals surface area contributed by atoms with Gasteiger partial charge in [0, 0.05) is 36.6 Å². The molecule has 1 fully saturated rings. The first-order valence-electron chi connectivity index (χ1n) is 9.03. The van der Waals surface area contributed by atoms with Crippen LogP contribution in [0.4, 0.5) is 0 Å². The van der Waals surface area contributed by atoms with Gasteiger partial charge in [-0.1, -0.05) is 49.1 Å². The second-order valence-electron chi connectivity index (χ2n) is 7.90. The monoisotopic (exact) mass is 446 g/mol. The molecule has 0 N–H and O–H groups in total. The highest BCUT2D eigenvalue weighted by Gasteiger charge is 2.33. The van der Waals surface area contributed by atoms with Gasteiger partial charge in [-0.3, -0.25) is 4.90 Å². The highest BCUT2D eigenvalue weighted by molar-refractivity contribution is 7.89. The SMILES string of the molecule is C[C@@H](c1nc(C(C)(C)C)no1)N1CCN(S(=O)(=O)c2cc(Cl)ccc2Cl)CC1. The maximum atomic E-state index is 12.9. The zero-order chi connectivity index (χ0) is 20.7. The Morgan fingerprint density at radius 1 is 1.14 bits per heavy atom. The van der Waals surface area contributed by atoms with E-state index in [1.165, 1.54) is 16.4 Å². The van der Waals surface area contributed by atoms with Crippen molar-refractivity contribution in [2.75, 3.05) is 26.2 Å². The summed E-state index contributed by atoms with van der Waals surface area (Å²) in [5, 5.41) is 4.57. The lowest BCUT2D eigenvalue weighted by Crippen LogP contribution is -2.49. The number of hydrogen-bond donors (Lipinski definition) is 0. The third kappa shape index (κ3) is 4.36. The molecule has 1 aromatic heterocycles. The molecule has 0 amide bonds. The van der Waals surface area contributed by atoms with E-state index in [1.54, 1.807) is 6.07 Å². The van der Waals surface area contributed by atoms with Crippen molar-refractivity contribution in [2.45, 2.75) is 44.0 Å². The quantitative estimate of drug-likeness (QED) is 0.711. The molecule has 28 heavy (non-hydrogen) atoms. The van der Waals surface area contributed by atoms with Crippen molar-refractivity contribution >= 4 is 33.2 Å². The molecule has 3 rings (SSSR count). The van der Waals surface area contributed by atoms with E-state index < -0.39 is 10.0 Å². The van der Waals surface area contributed by atoms with Gasteiger partial charge < -0.3 is 4.52 Å². The third-order valence-corrected chi connectivity index (χ3v) is 7.42. The Kier molecular flexibility index (Phi) is 6.08. The molecule has 1 atom stereocenters. The van der Waals surface area contributed by atoms with Gasteiger partial charge in [-0.15, -0.1) is 0 Å². The Balaban J connectivity index is 1.70. The molecule has 1 aliphatic rings. The van der Waals surface area contributed by atoms with E-state index in [1.807, 2.05) is 27.7 Å². The number of sulfonamides is 1. The Hall–Kier alpha value is -1.19. The molecule has 1 saturated heterocycles. The fraction of sp³-hybridized carbons (Fsp3) is 0.556. The Labute approximate surface area is 175 Å². The first-order valence-corrected chi connectivity index (χ1v) is 11.2. The minimum atomic E-state index is -3.71. The second-order valence-corrected chi connectivity index (χ2v) is 10.6. The fourth-order valence-corrected chi connectivity index (χ4v) is 5.17. The Morgan fingerprint density at radius 3 is 2.36 bits per heavy atom. The topological polar surface area (TPSA) is 79.5 Å². The molecule has 0 spiro atoms. The van der Waals surface area contributed by atoms with Crippen LogP contribution < -0.4 is 0 Å². The van der Waals surface area contributed by atoms with E-state index in [0.29, 0.717) is 42.9 Å². The lowest BCUT2D eigenvalue weighted by atomic mass is 9.96. The second kappa shape index (κ2) is 7.91. The van der Waals surface area contributed by atoms with Crippen molar-refractivity contribution in [1.29, 1.82) is 0 Å². The van der Waals surface area contributed by atoms with Crippen LogP contribution in [0.2, 0.25) is 10.0 Å². The largest absolute Gasteiger partial charge is 0.338 e. The smallest absolute Gasteiger partial charge is 0.244 e. The van der Waals surface area contributed by atoms with E-state index in [0.717, 1.165) is 0 Å². The van der Waals surface area contributed by atoms with Gasteiger partial charge in [0.05, 0.1) is 11.1 Å². The fourth-order valence-electron chi connectivity index (χ4n) is 3.01. The van der Waals surface area contributed by atoms with Crippen LogP contribution in [0.25, 0.3) is 0 Å². The van der Waals surface area contributed by atoms with Crippen molar-refractivity contribution in [3.8, 4) is 0 Å². The van der Waals surface area contributed by atoms with Gasteiger partial charge in [-0.05, 0) is 25.1 Å². The summed E-state index contributed by atoms with van der Waals surface area (Å²) in [7, 11) is -3.71. The van der Waals surface area contributed by atoms with E-state index >= 15 is 0 Å². The van der Waals surface area contributed by atoms with Gasteiger partial charge in [0.1, 0.15) is 4.90 Å². The molecule has 1 aliphatic heterocycles. The number of hydrogen-bond acceptors (Lipinski definition) is 6. The molecule has 0 unspecified atom stereocenters. The number of rotatable bonds is 4. The van der Waals surface area contributed by atoms with E-state index in [2.05, 4.69) is 15.0 Å². The Bertz CT molecular complexity index is 948. The predicted molar refractivity (Wildman–Crippen MR) is 108 cm³/mol. The van der Waals surface area contributed by atoms with Gasteiger partial charge in [0.2, 0.25) is 15.9 Å². The van der Waals surface area contributed by atoms with Crippen molar-refractivity contribution in [2.24, 2.45) is 0 Å². The Morgan fingerprint density at radius 2 is 1.79 bits per heavy atom. The van der Waals surface area contributed by atoms with Crippen LogP contribution in [-0.4, -0.2) is 53.9 Å². The average molecular weight is 447 g/mol. The standard InChI is InChI=1S/C18H24Cl2N4O3S/c1-12(16-21-17(22-27-16)18(2,3)4)23-7-9-24(10-8-23)28(25,26)15-11-13(19)5-6-14(15)20/h5-6,11-12H,7-10H2,1-4H3/t12-/m0/s1. The summed E-state index contributed by atoms with van der Waals surface area (Å²) in [4.78, 5) is 6.68. The molecule has 0 saturated carbocycles. The summed E-state index contributed by atoms with van der Waals surface area (Å²) in [5.41, 5.74) is -0.190. The van der Waals surface area contributed by atoms with Crippen LogP contribution in [0, 0.1) is 0 Å². The van der Waals surface area contributed by atoms with Gasteiger partial charge in [-0.25, -0.2) is 8.42 Å². The average Bonchev–Trinajstić information content (AvgIpc) is 3.13. The molecule has 7 nitrogen and oxygen atoms in total. The maximum absolute atomic E-state index is 12.9. The van der Waals surface area contributed by atoms with Crippen molar-refractivity contribution in [1.82, 2.24) is 19.3 Å². The predicted octanol–water partition coefficient (Wildman–Crippen LogP) is 3.74. The van der Waals surface area contributed by atoms with Crippen LogP contribution >= 0.6 is 23.2 Å². The van der Waals surface area contributed by atoms with Crippen LogP contribution in [0.5, 0.6) is 0 Å². The van der Waals surface area contributed by atoms with Gasteiger partial charge in [0.15, 0.2) is 5.82 Å². The normalized spacial score (nSPS) is 18.4. The first-order chi connectivity index (χ1) is 13.0. The number of nitrogens with zero attached hydrogens (tertiary/aromatic N) is 4. The molecular weight excluding hydrogens is 423 g/mol. The zero-order valence-electron chi connectivity index (χ0n) is 16.3.